The Bertz CT molecular complexity index is 2740. The largest absolute Gasteiger partial charge is 0.311 e. The van der Waals surface area contributed by atoms with Crippen LogP contribution in [-0.2, 0) is 0 Å². The van der Waals surface area contributed by atoms with Crippen molar-refractivity contribution in [3.63, 3.8) is 0 Å². The van der Waals surface area contributed by atoms with Gasteiger partial charge in [0.05, 0.1) is 22.9 Å². The van der Waals surface area contributed by atoms with E-state index in [1.54, 1.807) is 6.20 Å². The quantitative estimate of drug-likeness (QED) is 0.177. The molecule has 2 aliphatic heterocycles. The van der Waals surface area contributed by atoms with E-state index in [1.807, 2.05) is 24.5 Å². The van der Waals surface area contributed by atoms with Crippen molar-refractivity contribution in [3.05, 3.63) is 182 Å². The molecule has 0 unspecified atom stereocenters. The summed E-state index contributed by atoms with van der Waals surface area (Å²) in [6.07, 6.45) is 5.54. The lowest BCUT2D eigenvalue weighted by molar-refractivity contribution is 1.13. The highest BCUT2D eigenvalue weighted by Crippen LogP contribution is 2.44. The van der Waals surface area contributed by atoms with Crippen LogP contribution in [0.4, 0.5) is 34.3 Å². The average molecular weight is 683 g/mol. The number of hydrogen-bond acceptors (Lipinski definition) is 5. The first kappa shape index (κ1) is 29.0. The number of pyridine rings is 3. The molecule has 6 nitrogen and oxygen atoms in total. The fourth-order valence-electron chi connectivity index (χ4n) is 8.75. The monoisotopic (exact) mass is 682 g/mol. The van der Waals surface area contributed by atoms with E-state index in [0.717, 1.165) is 50.6 Å². The molecule has 0 bridgehead atoms. The average Bonchev–Trinajstić information content (AvgIpc) is 3.55. The number of fused-ring (bicyclic) bond motifs is 11. The van der Waals surface area contributed by atoms with Crippen molar-refractivity contribution in [2.45, 2.75) is 0 Å². The lowest BCUT2D eigenvalue weighted by Crippen LogP contribution is -2.79. The summed E-state index contributed by atoms with van der Waals surface area (Å²) in [6, 6.07) is 59.3. The van der Waals surface area contributed by atoms with E-state index in [-0.39, 0.29) is 0 Å². The molecule has 2 aliphatic rings. The van der Waals surface area contributed by atoms with Crippen molar-refractivity contribution in [2.24, 2.45) is 0 Å². The first-order chi connectivity index (χ1) is 25.8. The van der Waals surface area contributed by atoms with Gasteiger partial charge in [-0.2, -0.15) is 0 Å². The number of hydrogen-bond donors (Lipinski definition) is 0. The summed E-state index contributed by atoms with van der Waals surface area (Å²) in [5.74, 6) is 0.857. The minimum Gasteiger partial charge on any atom is -0.311 e. The molecular weight excluding hydrogens is 653 g/mol. The number of rotatable bonds is 3. The van der Waals surface area contributed by atoms with Gasteiger partial charge in [-0.3, -0.25) is 14.9 Å². The summed E-state index contributed by atoms with van der Waals surface area (Å²) in [4.78, 5) is 19.6. The summed E-state index contributed by atoms with van der Waals surface area (Å²) in [6.45, 7) is 0. The maximum atomic E-state index is 5.47. The van der Waals surface area contributed by atoms with E-state index in [0.29, 0.717) is 0 Å². The van der Waals surface area contributed by atoms with Crippen LogP contribution >= 0.6 is 0 Å². The van der Waals surface area contributed by atoms with Crippen LogP contribution in [0.5, 0.6) is 0 Å². The van der Waals surface area contributed by atoms with E-state index in [4.69, 9.17) is 9.97 Å². The molecule has 0 fully saturated rings. The molecule has 0 aliphatic carbocycles. The van der Waals surface area contributed by atoms with Gasteiger partial charge >= 0.3 is 0 Å². The molecule has 5 aromatic carbocycles. The number of aromatic nitrogens is 4. The van der Waals surface area contributed by atoms with Crippen LogP contribution in [0, 0.1) is 0 Å². The molecule has 7 heteroatoms. The third-order valence-electron chi connectivity index (χ3n) is 10.7. The van der Waals surface area contributed by atoms with Gasteiger partial charge in [-0.25, -0.2) is 4.98 Å². The van der Waals surface area contributed by atoms with Crippen molar-refractivity contribution in [3.8, 4) is 5.69 Å². The van der Waals surface area contributed by atoms with Gasteiger partial charge in [-0.15, -0.1) is 0 Å². The lowest BCUT2D eigenvalue weighted by Gasteiger charge is -2.49. The molecule has 9 aromatic rings. The zero-order chi connectivity index (χ0) is 34.2. The van der Waals surface area contributed by atoms with Crippen LogP contribution in [0.1, 0.15) is 0 Å². The van der Waals surface area contributed by atoms with Crippen LogP contribution in [0.2, 0.25) is 0 Å². The highest BCUT2D eigenvalue weighted by molar-refractivity contribution is 7.23. The predicted molar refractivity (Wildman–Crippen MR) is 214 cm³/mol. The second-order valence-corrected chi connectivity index (χ2v) is 16.9. The van der Waals surface area contributed by atoms with Gasteiger partial charge in [0.1, 0.15) is 16.9 Å². The van der Waals surface area contributed by atoms with Gasteiger partial charge in [0.15, 0.2) is 8.07 Å². The van der Waals surface area contributed by atoms with Crippen LogP contribution in [0.3, 0.4) is 0 Å². The topological polar surface area (TPSA) is 50.1 Å². The molecule has 244 valence electrons. The molecule has 0 radical (unpaired) electrons. The predicted octanol–water partition coefficient (Wildman–Crippen LogP) is 7.91. The van der Waals surface area contributed by atoms with Crippen molar-refractivity contribution in [1.82, 2.24) is 19.5 Å². The Labute approximate surface area is 301 Å². The number of benzene rings is 5. The van der Waals surface area contributed by atoms with Gasteiger partial charge in [-0.1, -0.05) is 91.0 Å². The van der Waals surface area contributed by atoms with Crippen LogP contribution in [0.15, 0.2) is 182 Å². The summed E-state index contributed by atoms with van der Waals surface area (Å²) < 4.78 is 2.20. The van der Waals surface area contributed by atoms with Crippen molar-refractivity contribution in [1.29, 1.82) is 0 Å². The molecule has 4 aromatic heterocycles. The summed E-state index contributed by atoms with van der Waals surface area (Å²) >= 11 is 0. The van der Waals surface area contributed by atoms with Gasteiger partial charge in [0.25, 0.3) is 0 Å². The Morgan fingerprint density at radius 1 is 0.404 bits per heavy atom. The Balaban J connectivity index is 1.20. The van der Waals surface area contributed by atoms with Crippen LogP contribution < -0.4 is 30.5 Å². The molecule has 52 heavy (non-hydrogen) atoms. The summed E-state index contributed by atoms with van der Waals surface area (Å²) in [5, 5.41) is 5.45. The first-order valence-electron chi connectivity index (χ1n) is 17.5. The minimum absolute atomic E-state index is 0.857. The van der Waals surface area contributed by atoms with Crippen LogP contribution in [-0.4, -0.2) is 27.6 Å². The maximum absolute atomic E-state index is 5.47. The molecule has 1 spiro atoms. The Morgan fingerprint density at radius 2 is 0.923 bits per heavy atom. The number of nitrogens with zero attached hydrogens (tertiary/aromatic N) is 6. The third kappa shape index (κ3) is 3.85. The normalized spacial score (nSPS) is 13.8. The second-order valence-electron chi connectivity index (χ2n) is 13.3. The zero-order valence-corrected chi connectivity index (χ0v) is 29.0. The van der Waals surface area contributed by atoms with Crippen molar-refractivity contribution in [2.75, 3.05) is 9.80 Å². The molecule has 0 N–H and O–H groups in total. The highest BCUT2D eigenvalue weighted by Gasteiger charge is 2.53. The third-order valence-corrected chi connectivity index (χ3v) is 15.6. The smallest absolute Gasteiger partial charge is 0.188 e. The van der Waals surface area contributed by atoms with E-state index >= 15 is 0 Å². The highest BCUT2D eigenvalue weighted by atomic mass is 28.3. The maximum Gasteiger partial charge on any atom is 0.188 e. The Morgan fingerprint density at radius 3 is 1.52 bits per heavy atom. The van der Waals surface area contributed by atoms with Gasteiger partial charge in [0.2, 0.25) is 0 Å². The minimum atomic E-state index is -2.87. The van der Waals surface area contributed by atoms with E-state index in [9.17, 15) is 0 Å². The lowest BCUT2D eigenvalue weighted by atomic mass is 10.1. The van der Waals surface area contributed by atoms with E-state index < -0.39 is 8.07 Å². The Hall–Kier alpha value is -6.83. The van der Waals surface area contributed by atoms with Crippen LogP contribution in [0.25, 0.3) is 27.8 Å². The second kappa shape index (κ2) is 11.1. The molecule has 0 atom stereocenters. The van der Waals surface area contributed by atoms with Gasteiger partial charge in [0, 0.05) is 40.8 Å². The SMILES string of the molecule is c1ccc(N2c3ccccc3[Si]3(c4ccccc42)c2ccccc2N(c2ccc4c(n2)c2ncccc2n4-c2cccnc2)c2ccccc23)cc1. The van der Waals surface area contributed by atoms with Gasteiger partial charge in [-0.05, 0) is 93.5 Å². The summed E-state index contributed by atoms with van der Waals surface area (Å²) in [5.41, 5.74) is 10.6. The Kier molecular flexibility index (Phi) is 6.17. The number of anilines is 6. The van der Waals surface area contributed by atoms with Crippen molar-refractivity contribution < 1.29 is 0 Å². The fourth-order valence-corrected chi connectivity index (χ4v) is 14.2. The van der Waals surface area contributed by atoms with Crippen molar-refractivity contribution >= 4 is 85.1 Å². The zero-order valence-electron chi connectivity index (χ0n) is 28.0. The molecule has 0 saturated carbocycles. The first-order valence-corrected chi connectivity index (χ1v) is 19.5. The standard InChI is InChI=1S/C45H30N6Si/c1-2-14-31(15-3-1)49-33-17-4-8-22-39(33)52(40-23-9-5-18-34(40)49)41-24-10-6-19-35(41)51(36-20-7-11-25-42(36)52)43-27-26-38-45(48-43)44-37(21-13-29-47-44)50(38)32-16-12-28-46-30-32/h1-30H. The molecule has 11 rings (SSSR count). The molecule has 0 amide bonds. The van der Waals surface area contributed by atoms with E-state index in [2.05, 4.69) is 171 Å². The molecular formula is C45H30N6Si. The fraction of sp³-hybridized carbons (Fsp3) is 0. The molecule has 0 saturated heterocycles. The van der Waals surface area contributed by atoms with Gasteiger partial charge < -0.3 is 9.47 Å². The number of para-hydroxylation sites is 5. The van der Waals surface area contributed by atoms with E-state index in [1.165, 1.54) is 32.1 Å². The molecule has 6 heterocycles. The summed E-state index contributed by atoms with van der Waals surface area (Å²) in [7, 11) is -2.87.